The lowest BCUT2D eigenvalue weighted by molar-refractivity contribution is -0.136. The van der Waals surface area contributed by atoms with E-state index in [1.54, 1.807) is 18.2 Å². The van der Waals surface area contributed by atoms with Crippen LogP contribution in [-0.4, -0.2) is 30.3 Å². The Morgan fingerprint density at radius 1 is 1.50 bits per heavy atom. The van der Waals surface area contributed by atoms with Crippen molar-refractivity contribution in [2.75, 3.05) is 18.1 Å². The molecular formula is C14H16ClNO4. The molecule has 0 saturated heterocycles. The van der Waals surface area contributed by atoms with Gasteiger partial charge in [0.15, 0.2) is 0 Å². The van der Waals surface area contributed by atoms with Crippen molar-refractivity contribution in [3.63, 3.8) is 0 Å². The molecule has 0 aromatic heterocycles. The summed E-state index contributed by atoms with van der Waals surface area (Å²) in [5, 5.41) is 9.24. The van der Waals surface area contributed by atoms with E-state index < -0.39 is 12.1 Å². The lowest BCUT2D eigenvalue weighted by atomic mass is 10.2. The summed E-state index contributed by atoms with van der Waals surface area (Å²) in [6.07, 6.45) is 0.621. The van der Waals surface area contributed by atoms with Crippen molar-refractivity contribution < 1.29 is 19.4 Å². The number of ether oxygens (including phenoxy) is 1. The Hall–Kier alpha value is -2.01. The smallest absolute Gasteiger partial charge is 0.414 e. The second-order valence-electron chi connectivity index (χ2n) is 4.09. The van der Waals surface area contributed by atoms with E-state index in [-0.39, 0.29) is 19.6 Å². The normalized spacial score (nSPS) is 9.90. The number of anilines is 1. The molecule has 0 aliphatic heterocycles. The van der Waals surface area contributed by atoms with Crippen molar-refractivity contribution in [3.05, 3.63) is 41.4 Å². The molecule has 1 N–H and O–H groups in total. The molecule has 0 atom stereocenters. The average Bonchev–Trinajstić information content (AvgIpc) is 2.40. The fraction of sp³-hybridized carbons (Fsp3) is 0.286. The number of halogens is 1. The van der Waals surface area contributed by atoms with Crippen LogP contribution < -0.4 is 4.90 Å². The van der Waals surface area contributed by atoms with Gasteiger partial charge in [0.1, 0.15) is 6.61 Å². The number of aryl methyl sites for hydroxylation is 1. The highest BCUT2D eigenvalue weighted by molar-refractivity contribution is 6.31. The lowest BCUT2D eigenvalue weighted by Gasteiger charge is -2.21. The second-order valence-corrected chi connectivity index (χ2v) is 4.50. The largest absolute Gasteiger partial charge is 0.481 e. The molecule has 6 heteroatoms. The van der Waals surface area contributed by atoms with Gasteiger partial charge in [-0.1, -0.05) is 30.3 Å². The van der Waals surface area contributed by atoms with Crippen molar-refractivity contribution in [1.82, 2.24) is 0 Å². The summed E-state index contributed by atoms with van der Waals surface area (Å²) >= 11 is 6.02. The SMILES string of the molecule is C=CCOC(=O)N(CCC(=O)O)c1ccc(C)c(Cl)c1. The minimum Gasteiger partial charge on any atom is -0.481 e. The summed E-state index contributed by atoms with van der Waals surface area (Å²) in [6.45, 7) is 5.35. The number of carboxylic acid groups (broad SMARTS) is 1. The molecule has 1 aromatic rings. The van der Waals surface area contributed by atoms with Gasteiger partial charge in [-0.25, -0.2) is 4.79 Å². The Balaban J connectivity index is 2.95. The van der Waals surface area contributed by atoms with Gasteiger partial charge in [0.05, 0.1) is 6.42 Å². The predicted octanol–water partition coefficient (Wildman–Crippen LogP) is 3.25. The van der Waals surface area contributed by atoms with Crippen molar-refractivity contribution in [1.29, 1.82) is 0 Å². The van der Waals surface area contributed by atoms with E-state index in [0.717, 1.165) is 5.56 Å². The van der Waals surface area contributed by atoms with Crippen LogP contribution in [0.3, 0.4) is 0 Å². The zero-order valence-corrected chi connectivity index (χ0v) is 11.9. The lowest BCUT2D eigenvalue weighted by Crippen LogP contribution is -2.33. The van der Waals surface area contributed by atoms with Crippen LogP contribution in [0.25, 0.3) is 0 Å². The maximum absolute atomic E-state index is 11.9. The second kappa shape index (κ2) is 7.55. The van der Waals surface area contributed by atoms with Gasteiger partial charge in [-0.05, 0) is 24.6 Å². The summed E-state index contributed by atoms with van der Waals surface area (Å²) in [4.78, 5) is 23.8. The molecule has 0 spiro atoms. The van der Waals surface area contributed by atoms with Gasteiger partial charge in [-0.2, -0.15) is 0 Å². The van der Waals surface area contributed by atoms with Crippen LogP contribution >= 0.6 is 11.6 Å². The summed E-state index contributed by atoms with van der Waals surface area (Å²) in [5.41, 5.74) is 1.36. The van der Waals surface area contributed by atoms with E-state index in [1.165, 1.54) is 11.0 Å². The summed E-state index contributed by atoms with van der Waals surface area (Å²) in [7, 11) is 0. The molecule has 20 heavy (non-hydrogen) atoms. The Morgan fingerprint density at radius 2 is 2.20 bits per heavy atom. The number of amides is 1. The number of hydrogen-bond acceptors (Lipinski definition) is 3. The number of carboxylic acids is 1. The standard InChI is InChI=1S/C14H16ClNO4/c1-3-8-20-14(19)16(7-6-13(17)18)11-5-4-10(2)12(15)9-11/h3-5,9H,1,6-8H2,2H3,(H,17,18). The van der Waals surface area contributed by atoms with Crippen LogP contribution in [0.2, 0.25) is 5.02 Å². The fourth-order valence-corrected chi connectivity index (χ4v) is 1.67. The number of nitrogens with zero attached hydrogens (tertiary/aromatic N) is 1. The molecule has 1 aromatic carbocycles. The highest BCUT2D eigenvalue weighted by Gasteiger charge is 2.18. The molecular weight excluding hydrogens is 282 g/mol. The molecule has 0 saturated carbocycles. The summed E-state index contributed by atoms with van der Waals surface area (Å²) < 4.78 is 4.94. The first kappa shape index (κ1) is 16.0. The van der Waals surface area contributed by atoms with Gasteiger partial charge in [0.25, 0.3) is 0 Å². The number of carbonyl (C=O) groups excluding carboxylic acids is 1. The van der Waals surface area contributed by atoms with Crippen LogP contribution in [0.4, 0.5) is 10.5 Å². The topological polar surface area (TPSA) is 66.8 Å². The molecule has 5 nitrogen and oxygen atoms in total. The van der Waals surface area contributed by atoms with Crippen LogP contribution in [0.5, 0.6) is 0 Å². The van der Waals surface area contributed by atoms with Crippen molar-refractivity contribution >= 4 is 29.4 Å². The number of aliphatic carboxylic acids is 1. The minimum atomic E-state index is -0.996. The average molecular weight is 298 g/mol. The minimum absolute atomic E-state index is 0.00466. The zero-order chi connectivity index (χ0) is 15.1. The zero-order valence-electron chi connectivity index (χ0n) is 11.1. The Labute approximate surface area is 122 Å². The fourth-order valence-electron chi connectivity index (χ4n) is 1.49. The highest BCUT2D eigenvalue weighted by Crippen LogP contribution is 2.24. The maximum Gasteiger partial charge on any atom is 0.414 e. The van der Waals surface area contributed by atoms with Gasteiger partial charge >= 0.3 is 12.1 Å². The van der Waals surface area contributed by atoms with Gasteiger partial charge in [-0.15, -0.1) is 0 Å². The maximum atomic E-state index is 11.9. The van der Waals surface area contributed by atoms with Crippen LogP contribution in [-0.2, 0) is 9.53 Å². The van der Waals surface area contributed by atoms with E-state index in [4.69, 9.17) is 21.4 Å². The molecule has 108 valence electrons. The van der Waals surface area contributed by atoms with Gasteiger partial charge in [-0.3, -0.25) is 9.69 Å². The third kappa shape index (κ3) is 4.59. The molecule has 0 aliphatic carbocycles. The Kier molecular flexibility index (Phi) is 6.06. The molecule has 0 aliphatic rings. The number of hydrogen-bond donors (Lipinski definition) is 1. The van der Waals surface area contributed by atoms with E-state index >= 15 is 0 Å². The van der Waals surface area contributed by atoms with E-state index in [9.17, 15) is 9.59 Å². The molecule has 0 radical (unpaired) electrons. The molecule has 1 amide bonds. The molecule has 0 bridgehead atoms. The molecule has 0 fully saturated rings. The quantitative estimate of drug-likeness (QED) is 0.819. The number of rotatable bonds is 6. The van der Waals surface area contributed by atoms with Gasteiger partial charge in [0, 0.05) is 17.3 Å². The first-order valence-electron chi connectivity index (χ1n) is 5.99. The van der Waals surface area contributed by atoms with E-state index in [0.29, 0.717) is 10.7 Å². The van der Waals surface area contributed by atoms with E-state index in [2.05, 4.69) is 6.58 Å². The first-order chi connectivity index (χ1) is 9.45. The van der Waals surface area contributed by atoms with Crippen LogP contribution in [0, 0.1) is 6.92 Å². The predicted molar refractivity (Wildman–Crippen MR) is 77.3 cm³/mol. The van der Waals surface area contributed by atoms with Gasteiger partial charge in [0.2, 0.25) is 0 Å². The molecule has 0 heterocycles. The third-order valence-electron chi connectivity index (χ3n) is 2.56. The number of benzene rings is 1. The van der Waals surface area contributed by atoms with Crippen molar-refractivity contribution in [2.24, 2.45) is 0 Å². The number of carbonyl (C=O) groups is 2. The third-order valence-corrected chi connectivity index (χ3v) is 2.97. The molecule has 0 unspecified atom stereocenters. The monoisotopic (exact) mass is 297 g/mol. The summed E-state index contributed by atoms with van der Waals surface area (Å²) in [5.74, 6) is -0.996. The highest BCUT2D eigenvalue weighted by atomic mass is 35.5. The van der Waals surface area contributed by atoms with Crippen molar-refractivity contribution in [2.45, 2.75) is 13.3 Å². The van der Waals surface area contributed by atoms with Crippen molar-refractivity contribution in [3.8, 4) is 0 Å². The van der Waals surface area contributed by atoms with Crippen LogP contribution in [0.15, 0.2) is 30.9 Å². The van der Waals surface area contributed by atoms with Gasteiger partial charge < -0.3 is 9.84 Å². The Morgan fingerprint density at radius 3 is 2.75 bits per heavy atom. The molecule has 1 rings (SSSR count). The Bertz CT molecular complexity index is 516. The van der Waals surface area contributed by atoms with E-state index in [1.807, 2.05) is 6.92 Å². The first-order valence-corrected chi connectivity index (χ1v) is 6.36. The van der Waals surface area contributed by atoms with Crippen LogP contribution in [0.1, 0.15) is 12.0 Å². The summed E-state index contributed by atoms with van der Waals surface area (Å²) in [6, 6.07) is 5.05.